The second-order valence-corrected chi connectivity index (χ2v) is 3.47. The molecule has 0 aliphatic carbocycles. The summed E-state index contributed by atoms with van der Waals surface area (Å²) in [5.74, 6) is -1.46. The Hall–Kier alpha value is -2.86. The summed E-state index contributed by atoms with van der Waals surface area (Å²) in [6.45, 7) is -0.0968. The number of Topliss-reactive ketones (excluding diaryl/α,β-unsaturated/α-hetero) is 1. The van der Waals surface area contributed by atoms with E-state index in [0.29, 0.717) is 11.8 Å². The van der Waals surface area contributed by atoms with Gasteiger partial charge in [-0.1, -0.05) is 0 Å². The predicted octanol–water partition coefficient (Wildman–Crippen LogP) is 0.898. The van der Waals surface area contributed by atoms with Gasteiger partial charge < -0.3 is 10.3 Å². The maximum atomic E-state index is 11.2. The quantitative estimate of drug-likeness (QED) is 0.143. The molecule has 0 spiro atoms. The number of ether oxygens (including phenoxy) is 1. The van der Waals surface area contributed by atoms with Crippen LogP contribution in [0.2, 0.25) is 0 Å². The maximum absolute atomic E-state index is 11.2. The number of carbonyl (C=O) groups is 2. The molecule has 0 atom stereocenters. The van der Waals surface area contributed by atoms with E-state index in [1.807, 2.05) is 0 Å². The van der Waals surface area contributed by atoms with Gasteiger partial charge in [-0.2, -0.15) is 4.79 Å². The number of rotatable bonds is 6. The highest BCUT2D eigenvalue weighted by atomic mass is 16.6. The van der Waals surface area contributed by atoms with E-state index in [2.05, 4.69) is 4.79 Å². The summed E-state index contributed by atoms with van der Waals surface area (Å²) in [5.41, 5.74) is 8.56. The lowest BCUT2D eigenvalue weighted by Gasteiger charge is -2.02. The smallest absolute Gasteiger partial charge is 0.323 e. The third kappa shape index (κ3) is 4.88. The van der Waals surface area contributed by atoms with Gasteiger partial charge in [-0.3, -0.25) is 19.7 Å². The summed E-state index contributed by atoms with van der Waals surface area (Å²) < 4.78 is 4.77. The van der Waals surface area contributed by atoms with Crippen LogP contribution in [0.4, 0.5) is 5.69 Å². The molecule has 0 aromatic heterocycles. The summed E-state index contributed by atoms with van der Waals surface area (Å²) in [7, 11) is 0. The van der Waals surface area contributed by atoms with E-state index >= 15 is 0 Å². The number of non-ortho nitro benzene ring substituents is 1. The van der Waals surface area contributed by atoms with Crippen LogP contribution in [0.3, 0.4) is 0 Å². The molecule has 0 aliphatic heterocycles. The van der Waals surface area contributed by atoms with E-state index in [-0.39, 0.29) is 12.3 Å². The van der Waals surface area contributed by atoms with Gasteiger partial charge in [0.15, 0.2) is 0 Å². The number of benzene rings is 1. The molecule has 0 fully saturated rings. The van der Waals surface area contributed by atoms with Gasteiger partial charge in [0.1, 0.15) is 13.0 Å². The molecule has 1 aromatic rings. The Bertz CT molecular complexity index is 546. The highest BCUT2D eigenvalue weighted by Gasteiger charge is 2.12. The topological polar surface area (TPSA) is 123 Å². The zero-order valence-electron chi connectivity index (χ0n) is 9.68. The van der Waals surface area contributed by atoms with Gasteiger partial charge in [-0.05, 0) is 17.7 Å². The molecular formula is C11H9N3O5. The molecule has 0 bridgehead atoms. The second-order valence-electron chi connectivity index (χ2n) is 3.47. The Labute approximate surface area is 107 Å². The van der Waals surface area contributed by atoms with Crippen molar-refractivity contribution < 1.29 is 24.0 Å². The molecule has 0 unspecified atom stereocenters. The van der Waals surface area contributed by atoms with Crippen LogP contribution >= 0.6 is 0 Å². The SMILES string of the molecule is [N-]=[N+]=CC(=O)CC(=O)OCc1ccc([N+](=O)[O-])cc1. The summed E-state index contributed by atoms with van der Waals surface area (Å²) in [4.78, 5) is 34.4. The summed E-state index contributed by atoms with van der Waals surface area (Å²) in [5, 5.41) is 10.4. The predicted molar refractivity (Wildman–Crippen MR) is 62.2 cm³/mol. The van der Waals surface area contributed by atoms with E-state index in [4.69, 9.17) is 10.3 Å². The van der Waals surface area contributed by atoms with Crippen molar-refractivity contribution in [1.82, 2.24) is 0 Å². The second kappa shape index (κ2) is 6.77. The number of nitro groups is 1. The lowest BCUT2D eigenvalue weighted by Crippen LogP contribution is -2.12. The summed E-state index contributed by atoms with van der Waals surface area (Å²) in [6, 6.07) is 5.46. The standard InChI is InChI=1S/C11H9N3O5/c12-13-6-10(15)5-11(16)19-7-8-1-3-9(4-2-8)14(17)18/h1-4,6H,5,7H2. The van der Waals surface area contributed by atoms with Gasteiger partial charge in [0.25, 0.3) is 5.69 Å². The molecule has 0 saturated heterocycles. The summed E-state index contributed by atoms with van der Waals surface area (Å²) in [6.07, 6.45) is 0.0736. The van der Waals surface area contributed by atoms with E-state index in [1.165, 1.54) is 24.3 Å². The zero-order valence-corrected chi connectivity index (χ0v) is 9.68. The van der Waals surface area contributed by atoms with Crippen LogP contribution in [0, 0.1) is 10.1 Å². The molecule has 1 rings (SSSR count). The average Bonchev–Trinajstić information content (AvgIpc) is 2.37. The molecule has 19 heavy (non-hydrogen) atoms. The van der Waals surface area contributed by atoms with Crippen LogP contribution in [0.5, 0.6) is 0 Å². The van der Waals surface area contributed by atoms with Crippen molar-refractivity contribution in [2.45, 2.75) is 13.0 Å². The van der Waals surface area contributed by atoms with E-state index < -0.39 is 23.1 Å². The first-order valence-electron chi connectivity index (χ1n) is 5.12. The van der Waals surface area contributed by atoms with Gasteiger partial charge in [0.05, 0.1) is 4.92 Å². The first kappa shape index (κ1) is 14.2. The first-order valence-corrected chi connectivity index (χ1v) is 5.12. The molecular weight excluding hydrogens is 254 g/mol. The van der Waals surface area contributed by atoms with E-state index in [9.17, 15) is 19.7 Å². The van der Waals surface area contributed by atoms with Crippen molar-refractivity contribution in [1.29, 1.82) is 0 Å². The van der Waals surface area contributed by atoms with Crippen molar-refractivity contribution in [3.8, 4) is 0 Å². The molecule has 0 amide bonds. The van der Waals surface area contributed by atoms with Crippen LogP contribution in [0.1, 0.15) is 12.0 Å². The highest BCUT2D eigenvalue weighted by molar-refractivity contribution is 6.29. The van der Waals surface area contributed by atoms with Gasteiger partial charge in [-0.25, -0.2) is 0 Å². The zero-order chi connectivity index (χ0) is 14.3. The number of hydrogen-bond donors (Lipinski definition) is 0. The van der Waals surface area contributed by atoms with Gasteiger partial charge in [0.2, 0.25) is 5.78 Å². The van der Waals surface area contributed by atoms with Crippen LogP contribution in [-0.4, -0.2) is 27.7 Å². The van der Waals surface area contributed by atoms with Gasteiger partial charge in [-0.15, -0.1) is 0 Å². The fraction of sp³-hybridized carbons (Fsp3) is 0.182. The van der Waals surface area contributed by atoms with Crippen molar-refractivity contribution in [2.75, 3.05) is 0 Å². The number of nitrogens with zero attached hydrogens (tertiary/aromatic N) is 3. The average molecular weight is 263 g/mol. The minimum absolute atomic E-state index is 0.0654. The maximum Gasteiger partial charge on any atom is 0.323 e. The molecule has 8 nitrogen and oxygen atoms in total. The van der Waals surface area contributed by atoms with Crippen molar-refractivity contribution >= 4 is 23.7 Å². The monoisotopic (exact) mass is 263 g/mol. The van der Waals surface area contributed by atoms with Crippen LogP contribution in [-0.2, 0) is 20.9 Å². The van der Waals surface area contributed by atoms with E-state index in [0.717, 1.165) is 0 Å². The Morgan fingerprint density at radius 3 is 2.53 bits per heavy atom. The third-order valence-electron chi connectivity index (χ3n) is 2.07. The van der Waals surface area contributed by atoms with Gasteiger partial charge >= 0.3 is 12.2 Å². The van der Waals surface area contributed by atoms with Crippen molar-refractivity contribution in [2.24, 2.45) is 0 Å². The molecule has 1 aromatic carbocycles. The van der Waals surface area contributed by atoms with Crippen molar-refractivity contribution in [3.05, 3.63) is 45.5 Å². The molecule has 0 radical (unpaired) electrons. The Morgan fingerprint density at radius 1 is 1.37 bits per heavy atom. The largest absolute Gasteiger partial charge is 0.460 e. The Kier molecular flexibility index (Phi) is 5.06. The lowest BCUT2D eigenvalue weighted by atomic mass is 10.2. The normalized spacial score (nSPS) is 9.26. The van der Waals surface area contributed by atoms with Crippen LogP contribution < -0.4 is 0 Å². The minimum Gasteiger partial charge on any atom is -0.460 e. The fourth-order valence-electron chi connectivity index (χ4n) is 1.18. The molecule has 8 heteroatoms. The summed E-state index contributed by atoms with van der Waals surface area (Å²) >= 11 is 0. The number of esters is 1. The van der Waals surface area contributed by atoms with Crippen LogP contribution in [0.25, 0.3) is 5.53 Å². The first-order chi connectivity index (χ1) is 9.02. The molecule has 0 N–H and O–H groups in total. The van der Waals surface area contributed by atoms with Gasteiger partial charge in [0, 0.05) is 12.1 Å². The number of carbonyl (C=O) groups excluding carboxylic acids is 2. The molecule has 0 saturated carbocycles. The fourth-order valence-corrected chi connectivity index (χ4v) is 1.18. The lowest BCUT2D eigenvalue weighted by molar-refractivity contribution is -0.384. The van der Waals surface area contributed by atoms with E-state index in [1.54, 1.807) is 0 Å². The molecule has 0 heterocycles. The van der Waals surface area contributed by atoms with Crippen molar-refractivity contribution in [3.63, 3.8) is 0 Å². The third-order valence-corrected chi connectivity index (χ3v) is 2.07. The minimum atomic E-state index is -0.775. The highest BCUT2D eigenvalue weighted by Crippen LogP contribution is 2.12. The Morgan fingerprint density at radius 2 is 2.00 bits per heavy atom. The number of hydrogen-bond acceptors (Lipinski definition) is 5. The number of ketones is 1. The Balaban J connectivity index is 2.48. The molecule has 98 valence electrons. The number of nitro benzene ring substituents is 1. The molecule has 0 aliphatic rings. The van der Waals surface area contributed by atoms with Crippen LogP contribution in [0.15, 0.2) is 24.3 Å².